The first-order valence-electron chi connectivity index (χ1n) is 11.8. The first-order chi connectivity index (χ1) is 16.8. The lowest BCUT2D eigenvalue weighted by Gasteiger charge is -2.36. The normalized spacial score (nSPS) is 21.9. The smallest absolute Gasteiger partial charge is 0.315 e. The standard InChI is InChI=1S/C28H31ClN2O4/c1-17-25(28(33)35-14-13-34-4)26(19-7-11-22(12-8-19)31(2)3)27-23(30-17)15-20(16-24(27)32)18-5-9-21(29)10-6-18/h5-12,20,25-26H,13-16H2,1-4H3/t20-,25?,26+/m0/s1. The molecule has 2 aromatic rings. The minimum absolute atomic E-state index is 0.0250. The number of carbonyl (C=O) groups is 2. The molecule has 0 amide bonds. The van der Waals surface area contributed by atoms with Crippen LogP contribution in [0.25, 0.3) is 0 Å². The van der Waals surface area contributed by atoms with E-state index in [0.717, 1.165) is 22.5 Å². The van der Waals surface area contributed by atoms with Crippen LogP contribution in [0.1, 0.15) is 42.7 Å². The van der Waals surface area contributed by atoms with E-state index < -0.39 is 11.8 Å². The lowest BCUT2D eigenvalue weighted by molar-refractivity contribution is -0.147. The average Bonchev–Trinajstić information content (AvgIpc) is 2.83. The lowest BCUT2D eigenvalue weighted by atomic mass is 9.69. The van der Waals surface area contributed by atoms with Crippen molar-refractivity contribution in [3.8, 4) is 0 Å². The van der Waals surface area contributed by atoms with Gasteiger partial charge in [-0.1, -0.05) is 35.9 Å². The number of carbonyl (C=O) groups excluding carboxylic acids is 2. The van der Waals surface area contributed by atoms with Crippen molar-refractivity contribution in [1.29, 1.82) is 0 Å². The highest BCUT2D eigenvalue weighted by Gasteiger charge is 2.44. The first kappa shape index (κ1) is 25.1. The molecule has 1 aliphatic carbocycles. The van der Waals surface area contributed by atoms with E-state index >= 15 is 0 Å². The zero-order valence-corrected chi connectivity index (χ0v) is 21.3. The van der Waals surface area contributed by atoms with Gasteiger partial charge in [-0.3, -0.25) is 14.6 Å². The van der Waals surface area contributed by atoms with Crippen LogP contribution in [-0.2, 0) is 19.1 Å². The summed E-state index contributed by atoms with van der Waals surface area (Å²) in [6.45, 7) is 2.32. The number of hydrogen-bond acceptors (Lipinski definition) is 6. The number of methoxy groups -OCH3 is 1. The van der Waals surface area contributed by atoms with Gasteiger partial charge in [0.15, 0.2) is 5.78 Å². The van der Waals surface area contributed by atoms with E-state index in [1.165, 1.54) is 0 Å². The zero-order chi connectivity index (χ0) is 25.1. The second-order valence-corrected chi connectivity index (χ2v) is 9.73. The van der Waals surface area contributed by atoms with Gasteiger partial charge in [0.05, 0.1) is 6.61 Å². The summed E-state index contributed by atoms with van der Waals surface area (Å²) in [5.74, 6) is -1.43. The number of ether oxygens (including phenoxy) is 2. The quantitative estimate of drug-likeness (QED) is 0.392. The van der Waals surface area contributed by atoms with E-state index in [1.54, 1.807) is 7.11 Å². The number of halogens is 1. The molecule has 1 heterocycles. The number of hydrogen-bond donors (Lipinski definition) is 0. The first-order valence-corrected chi connectivity index (χ1v) is 12.2. The molecule has 0 N–H and O–H groups in total. The molecular formula is C28H31ClN2O4. The van der Waals surface area contributed by atoms with Crippen LogP contribution >= 0.6 is 11.6 Å². The van der Waals surface area contributed by atoms with Crippen LogP contribution in [0.3, 0.4) is 0 Å². The van der Waals surface area contributed by atoms with Gasteiger partial charge < -0.3 is 14.4 Å². The topological polar surface area (TPSA) is 68.2 Å². The Kier molecular flexibility index (Phi) is 7.72. The number of nitrogens with zero attached hydrogens (tertiary/aromatic N) is 2. The summed E-state index contributed by atoms with van der Waals surface area (Å²) in [4.78, 5) is 33.7. The Labute approximate surface area is 211 Å². The van der Waals surface area contributed by atoms with Gasteiger partial charge in [-0.15, -0.1) is 0 Å². The maximum atomic E-state index is 13.6. The number of anilines is 1. The van der Waals surface area contributed by atoms with Crippen molar-refractivity contribution >= 4 is 34.8 Å². The Morgan fingerprint density at radius 3 is 2.31 bits per heavy atom. The number of benzene rings is 2. The summed E-state index contributed by atoms with van der Waals surface area (Å²) < 4.78 is 10.6. The molecule has 0 saturated heterocycles. The third-order valence-electron chi connectivity index (χ3n) is 6.78. The van der Waals surface area contributed by atoms with Gasteiger partial charge in [0.1, 0.15) is 12.5 Å². The summed E-state index contributed by atoms with van der Waals surface area (Å²) in [6, 6.07) is 15.6. The molecule has 0 aromatic heterocycles. The molecule has 0 fully saturated rings. The van der Waals surface area contributed by atoms with Gasteiger partial charge in [0.2, 0.25) is 0 Å². The molecular weight excluding hydrogens is 464 g/mol. The average molecular weight is 495 g/mol. The van der Waals surface area contributed by atoms with Gasteiger partial charge in [0.25, 0.3) is 0 Å². The fraction of sp³-hybridized carbons (Fsp3) is 0.393. The van der Waals surface area contributed by atoms with E-state index in [9.17, 15) is 9.59 Å². The van der Waals surface area contributed by atoms with Crippen LogP contribution in [-0.4, -0.2) is 51.9 Å². The monoisotopic (exact) mass is 494 g/mol. The number of allylic oxidation sites excluding steroid dienone is 2. The predicted molar refractivity (Wildman–Crippen MR) is 138 cm³/mol. The van der Waals surface area contributed by atoms with Gasteiger partial charge in [0, 0.05) is 61.2 Å². The molecule has 2 aromatic carbocycles. The third kappa shape index (κ3) is 5.34. The van der Waals surface area contributed by atoms with E-state index in [1.807, 2.05) is 74.4 Å². The summed E-state index contributed by atoms with van der Waals surface area (Å²) in [5, 5.41) is 0.665. The van der Waals surface area contributed by atoms with Crippen molar-refractivity contribution in [3.05, 3.63) is 76.0 Å². The Morgan fingerprint density at radius 2 is 1.69 bits per heavy atom. The van der Waals surface area contributed by atoms with Gasteiger partial charge in [-0.25, -0.2) is 0 Å². The lowest BCUT2D eigenvalue weighted by Crippen LogP contribution is -2.38. The highest BCUT2D eigenvalue weighted by atomic mass is 35.5. The second kappa shape index (κ2) is 10.8. The Hall–Kier alpha value is -2.96. The molecule has 2 aliphatic rings. The van der Waals surface area contributed by atoms with Crippen LogP contribution in [0.5, 0.6) is 0 Å². The number of Topliss-reactive ketones (excluding diaryl/α,β-unsaturated/α-hetero) is 1. The summed E-state index contributed by atoms with van der Waals surface area (Å²) in [5.41, 5.74) is 5.08. The summed E-state index contributed by atoms with van der Waals surface area (Å²) in [7, 11) is 5.51. The molecule has 0 radical (unpaired) electrons. The molecule has 0 bridgehead atoms. The minimum Gasteiger partial charge on any atom is -0.463 e. The van der Waals surface area contributed by atoms with Crippen molar-refractivity contribution in [2.45, 2.75) is 31.6 Å². The molecule has 7 heteroatoms. The fourth-order valence-electron chi connectivity index (χ4n) is 4.99. The Morgan fingerprint density at radius 1 is 1.03 bits per heavy atom. The predicted octanol–water partition coefficient (Wildman–Crippen LogP) is 5.17. The molecule has 3 atom stereocenters. The van der Waals surface area contributed by atoms with E-state index in [-0.39, 0.29) is 24.3 Å². The van der Waals surface area contributed by atoms with Crippen LogP contribution < -0.4 is 4.90 Å². The molecule has 1 unspecified atom stereocenters. The second-order valence-electron chi connectivity index (χ2n) is 9.30. The molecule has 0 spiro atoms. The van der Waals surface area contributed by atoms with Crippen LogP contribution in [0, 0.1) is 5.92 Å². The van der Waals surface area contributed by atoms with Crippen LogP contribution in [0.4, 0.5) is 5.69 Å². The largest absolute Gasteiger partial charge is 0.463 e. The SMILES string of the molecule is COCCOC(=O)C1C(C)=NC2=C(C(=O)C[C@@H](c3ccc(Cl)cc3)C2)[C@@H]1c1ccc(N(C)C)cc1. The summed E-state index contributed by atoms with van der Waals surface area (Å²) in [6.07, 6.45) is 1.00. The van der Waals surface area contributed by atoms with E-state index in [0.29, 0.717) is 35.8 Å². The number of esters is 1. The fourth-order valence-corrected chi connectivity index (χ4v) is 5.12. The number of aliphatic imine (C=N–C) groups is 1. The molecule has 35 heavy (non-hydrogen) atoms. The van der Waals surface area contributed by atoms with Gasteiger partial charge >= 0.3 is 5.97 Å². The summed E-state index contributed by atoms with van der Waals surface area (Å²) >= 11 is 6.06. The van der Waals surface area contributed by atoms with Gasteiger partial charge in [-0.2, -0.15) is 0 Å². The third-order valence-corrected chi connectivity index (χ3v) is 7.04. The molecule has 1 aliphatic heterocycles. The number of ketones is 1. The van der Waals surface area contributed by atoms with Crippen molar-refractivity contribution < 1.29 is 19.1 Å². The van der Waals surface area contributed by atoms with Crippen LogP contribution in [0.2, 0.25) is 5.02 Å². The molecule has 184 valence electrons. The number of rotatable bonds is 7. The van der Waals surface area contributed by atoms with E-state index in [2.05, 4.69) is 0 Å². The molecule has 6 nitrogen and oxygen atoms in total. The van der Waals surface area contributed by atoms with Crippen LogP contribution in [0.15, 0.2) is 64.8 Å². The highest BCUT2D eigenvalue weighted by molar-refractivity contribution is 6.30. The van der Waals surface area contributed by atoms with Crippen molar-refractivity contribution in [2.24, 2.45) is 10.9 Å². The van der Waals surface area contributed by atoms with Gasteiger partial charge in [-0.05, 0) is 54.7 Å². The minimum atomic E-state index is -0.660. The van der Waals surface area contributed by atoms with E-state index in [4.69, 9.17) is 26.1 Å². The Balaban J connectivity index is 1.74. The zero-order valence-electron chi connectivity index (χ0n) is 20.6. The maximum absolute atomic E-state index is 13.6. The molecule has 0 saturated carbocycles. The molecule has 4 rings (SSSR count). The Bertz CT molecular complexity index is 1150. The highest BCUT2D eigenvalue weighted by Crippen LogP contribution is 2.47. The van der Waals surface area contributed by atoms with Crippen molar-refractivity contribution in [2.75, 3.05) is 39.3 Å². The van der Waals surface area contributed by atoms with Crippen molar-refractivity contribution in [1.82, 2.24) is 0 Å². The maximum Gasteiger partial charge on any atom is 0.315 e. The van der Waals surface area contributed by atoms with Crippen molar-refractivity contribution in [3.63, 3.8) is 0 Å².